The van der Waals surface area contributed by atoms with Gasteiger partial charge in [-0.25, -0.2) is 0 Å². The largest absolute Gasteiger partial charge is 0.479 e. The van der Waals surface area contributed by atoms with Crippen LogP contribution in [0.3, 0.4) is 0 Å². The highest BCUT2D eigenvalue weighted by Gasteiger charge is 2.04. The molecule has 0 aliphatic heterocycles. The lowest BCUT2D eigenvalue weighted by molar-refractivity contribution is 0.368. The molecule has 0 bridgehead atoms. The molecule has 2 aromatic rings. The molecule has 0 saturated heterocycles. The van der Waals surface area contributed by atoms with Crippen LogP contribution in [0.4, 0.5) is 5.69 Å². The van der Waals surface area contributed by atoms with Gasteiger partial charge in [0.05, 0.1) is 0 Å². The van der Waals surface area contributed by atoms with Gasteiger partial charge in [0.1, 0.15) is 11.8 Å². The van der Waals surface area contributed by atoms with Crippen molar-refractivity contribution in [2.45, 2.75) is 12.8 Å². The minimum absolute atomic E-state index is 0.0733. The SMILES string of the molecule is CC(CNc1cccc(OCC#N)c1)c1ccccc1. The number of nitrogens with zero attached hydrogens (tertiary/aromatic N) is 1. The third-order valence-electron chi connectivity index (χ3n) is 3.12. The van der Waals surface area contributed by atoms with E-state index in [1.807, 2.05) is 36.4 Å². The first-order valence-corrected chi connectivity index (χ1v) is 6.68. The summed E-state index contributed by atoms with van der Waals surface area (Å²) in [6.07, 6.45) is 0. The number of hydrogen-bond acceptors (Lipinski definition) is 3. The van der Waals surface area contributed by atoms with E-state index in [1.165, 1.54) is 5.56 Å². The number of benzene rings is 2. The highest BCUT2D eigenvalue weighted by molar-refractivity contribution is 5.48. The fourth-order valence-corrected chi connectivity index (χ4v) is 1.98. The molecule has 0 aliphatic carbocycles. The third kappa shape index (κ3) is 4.03. The molecule has 0 saturated carbocycles. The first-order valence-electron chi connectivity index (χ1n) is 6.68. The van der Waals surface area contributed by atoms with Crippen molar-refractivity contribution in [2.24, 2.45) is 0 Å². The van der Waals surface area contributed by atoms with Crippen molar-refractivity contribution in [3.8, 4) is 11.8 Å². The van der Waals surface area contributed by atoms with Gasteiger partial charge in [0, 0.05) is 18.3 Å². The minimum atomic E-state index is 0.0733. The predicted molar refractivity (Wildman–Crippen MR) is 80.9 cm³/mol. The number of anilines is 1. The molecule has 0 spiro atoms. The number of ether oxygens (including phenoxy) is 1. The van der Waals surface area contributed by atoms with E-state index in [1.54, 1.807) is 0 Å². The van der Waals surface area contributed by atoms with E-state index in [-0.39, 0.29) is 6.61 Å². The molecular weight excluding hydrogens is 248 g/mol. The number of rotatable bonds is 6. The summed E-state index contributed by atoms with van der Waals surface area (Å²) in [6.45, 7) is 3.12. The maximum atomic E-state index is 8.51. The number of nitrogens with one attached hydrogen (secondary N) is 1. The van der Waals surface area contributed by atoms with Crippen molar-refractivity contribution in [1.29, 1.82) is 5.26 Å². The smallest absolute Gasteiger partial charge is 0.174 e. The first kappa shape index (κ1) is 14.0. The second kappa shape index (κ2) is 7.20. The Balaban J connectivity index is 1.92. The molecule has 0 amide bonds. The normalized spacial score (nSPS) is 11.4. The zero-order valence-corrected chi connectivity index (χ0v) is 11.5. The standard InChI is InChI=1S/C17H18N2O/c1-14(15-6-3-2-4-7-15)13-19-16-8-5-9-17(12-16)20-11-10-18/h2-9,12,14,19H,11,13H2,1H3. The molecule has 0 fully saturated rings. The zero-order chi connectivity index (χ0) is 14.2. The zero-order valence-electron chi connectivity index (χ0n) is 11.5. The van der Waals surface area contributed by atoms with Gasteiger partial charge >= 0.3 is 0 Å². The average molecular weight is 266 g/mol. The molecule has 0 aromatic heterocycles. The van der Waals surface area contributed by atoms with Crippen molar-refractivity contribution in [1.82, 2.24) is 0 Å². The molecule has 102 valence electrons. The van der Waals surface area contributed by atoms with E-state index in [0.717, 1.165) is 12.2 Å². The summed E-state index contributed by atoms with van der Waals surface area (Å²) < 4.78 is 5.29. The van der Waals surface area contributed by atoms with Crippen LogP contribution in [-0.4, -0.2) is 13.2 Å². The molecule has 1 N–H and O–H groups in total. The van der Waals surface area contributed by atoms with Crippen LogP contribution in [0.1, 0.15) is 18.4 Å². The molecule has 1 atom stereocenters. The van der Waals surface area contributed by atoms with Crippen molar-refractivity contribution in [3.63, 3.8) is 0 Å². The third-order valence-corrected chi connectivity index (χ3v) is 3.12. The Labute approximate surface area is 119 Å². The molecule has 2 rings (SSSR count). The summed E-state index contributed by atoms with van der Waals surface area (Å²) in [5, 5.41) is 11.9. The Morgan fingerprint density at radius 1 is 1.15 bits per heavy atom. The lowest BCUT2D eigenvalue weighted by atomic mass is 10.0. The lowest BCUT2D eigenvalue weighted by Gasteiger charge is -2.14. The van der Waals surface area contributed by atoms with Gasteiger partial charge in [-0.05, 0) is 23.6 Å². The van der Waals surface area contributed by atoms with E-state index in [2.05, 4.69) is 36.5 Å². The van der Waals surface area contributed by atoms with Crippen LogP contribution in [0.15, 0.2) is 54.6 Å². The van der Waals surface area contributed by atoms with Gasteiger partial charge in [-0.2, -0.15) is 5.26 Å². The van der Waals surface area contributed by atoms with Crippen molar-refractivity contribution >= 4 is 5.69 Å². The van der Waals surface area contributed by atoms with E-state index in [4.69, 9.17) is 10.00 Å². The Morgan fingerprint density at radius 3 is 2.70 bits per heavy atom. The molecule has 0 aliphatic rings. The summed E-state index contributed by atoms with van der Waals surface area (Å²) in [4.78, 5) is 0. The van der Waals surface area contributed by atoms with E-state index >= 15 is 0 Å². The van der Waals surface area contributed by atoms with Crippen LogP contribution < -0.4 is 10.1 Å². The highest BCUT2D eigenvalue weighted by atomic mass is 16.5. The van der Waals surface area contributed by atoms with Gasteiger partial charge in [-0.3, -0.25) is 0 Å². The van der Waals surface area contributed by atoms with Crippen LogP contribution in [0.5, 0.6) is 5.75 Å². The van der Waals surface area contributed by atoms with Crippen molar-refractivity contribution in [3.05, 3.63) is 60.2 Å². The first-order chi connectivity index (χ1) is 9.79. The number of nitriles is 1. The van der Waals surface area contributed by atoms with Crippen LogP contribution >= 0.6 is 0 Å². The summed E-state index contributed by atoms with van der Waals surface area (Å²) in [5.41, 5.74) is 2.32. The quantitative estimate of drug-likeness (QED) is 0.864. The Kier molecular flexibility index (Phi) is 5.02. The Hall–Kier alpha value is -2.47. The monoisotopic (exact) mass is 266 g/mol. The topological polar surface area (TPSA) is 45.0 Å². The number of hydrogen-bond donors (Lipinski definition) is 1. The van der Waals surface area contributed by atoms with Gasteiger partial charge in [-0.15, -0.1) is 0 Å². The maximum Gasteiger partial charge on any atom is 0.174 e. The van der Waals surface area contributed by atoms with Crippen LogP contribution in [-0.2, 0) is 0 Å². The van der Waals surface area contributed by atoms with Crippen molar-refractivity contribution in [2.75, 3.05) is 18.5 Å². The van der Waals surface area contributed by atoms with E-state index in [9.17, 15) is 0 Å². The second-order valence-corrected chi connectivity index (χ2v) is 4.67. The van der Waals surface area contributed by atoms with Crippen LogP contribution in [0.25, 0.3) is 0 Å². The van der Waals surface area contributed by atoms with Gasteiger partial charge in [0.25, 0.3) is 0 Å². The average Bonchev–Trinajstić information content (AvgIpc) is 2.52. The summed E-state index contributed by atoms with van der Waals surface area (Å²) >= 11 is 0. The fraction of sp³-hybridized carbons (Fsp3) is 0.235. The molecule has 0 radical (unpaired) electrons. The molecule has 2 aromatic carbocycles. The minimum Gasteiger partial charge on any atom is -0.479 e. The Bertz CT molecular complexity index is 575. The van der Waals surface area contributed by atoms with Crippen LogP contribution in [0.2, 0.25) is 0 Å². The van der Waals surface area contributed by atoms with Crippen molar-refractivity contribution < 1.29 is 4.74 Å². The van der Waals surface area contributed by atoms with Gasteiger partial charge in [0.2, 0.25) is 0 Å². The second-order valence-electron chi connectivity index (χ2n) is 4.67. The Morgan fingerprint density at radius 2 is 1.95 bits per heavy atom. The highest BCUT2D eigenvalue weighted by Crippen LogP contribution is 2.20. The van der Waals surface area contributed by atoms with Gasteiger partial charge in [-0.1, -0.05) is 43.3 Å². The summed E-state index contributed by atoms with van der Waals surface area (Å²) in [6, 6.07) is 20.1. The molecule has 3 nitrogen and oxygen atoms in total. The van der Waals surface area contributed by atoms with Crippen LogP contribution in [0, 0.1) is 11.3 Å². The van der Waals surface area contributed by atoms with E-state index in [0.29, 0.717) is 11.7 Å². The molecule has 0 heterocycles. The van der Waals surface area contributed by atoms with Gasteiger partial charge in [0.15, 0.2) is 6.61 Å². The molecular formula is C17H18N2O. The van der Waals surface area contributed by atoms with Gasteiger partial charge < -0.3 is 10.1 Å². The maximum absolute atomic E-state index is 8.51. The summed E-state index contributed by atoms with van der Waals surface area (Å²) in [5.74, 6) is 1.14. The van der Waals surface area contributed by atoms with E-state index < -0.39 is 0 Å². The molecule has 1 unspecified atom stereocenters. The summed E-state index contributed by atoms with van der Waals surface area (Å²) in [7, 11) is 0. The molecule has 3 heteroatoms. The lowest BCUT2D eigenvalue weighted by Crippen LogP contribution is -2.09. The fourth-order valence-electron chi connectivity index (χ4n) is 1.98. The predicted octanol–water partition coefficient (Wildman–Crippen LogP) is 3.80. The molecule has 20 heavy (non-hydrogen) atoms.